The van der Waals surface area contributed by atoms with Crippen molar-refractivity contribution in [1.82, 2.24) is 14.9 Å². The van der Waals surface area contributed by atoms with Gasteiger partial charge in [0.1, 0.15) is 5.82 Å². The van der Waals surface area contributed by atoms with Crippen molar-refractivity contribution < 1.29 is 0 Å². The molecule has 1 N–H and O–H groups in total. The van der Waals surface area contributed by atoms with E-state index >= 15 is 0 Å². The summed E-state index contributed by atoms with van der Waals surface area (Å²) in [5, 5.41) is 4.16. The van der Waals surface area contributed by atoms with E-state index in [-0.39, 0.29) is 11.6 Å². The van der Waals surface area contributed by atoms with E-state index < -0.39 is 0 Å². The molecule has 3 aromatic carbocycles. The molecule has 146 valence electrons. The number of fused-ring (bicyclic) bond motifs is 1. The van der Waals surface area contributed by atoms with Crippen molar-refractivity contribution >= 4 is 10.9 Å². The van der Waals surface area contributed by atoms with Gasteiger partial charge in [-0.15, -0.1) is 0 Å². The number of aryl methyl sites for hydroxylation is 2. The maximum absolute atomic E-state index is 13.5. The highest BCUT2D eigenvalue weighted by atomic mass is 16.1. The van der Waals surface area contributed by atoms with Gasteiger partial charge < -0.3 is 5.32 Å². The fourth-order valence-corrected chi connectivity index (χ4v) is 3.59. The molecule has 0 bridgehead atoms. The van der Waals surface area contributed by atoms with E-state index in [4.69, 9.17) is 4.98 Å². The number of aromatic nitrogens is 2. The van der Waals surface area contributed by atoms with Gasteiger partial charge in [-0.05, 0) is 55.7 Å². The van der Waals surface area contributed by atoms with Gasteiger partial charge in [-0.1, -0.05) is 54.6 Å². The van der Waals surface area contributed by atoms with Crippen LogP contribution in [0.5, 0.6) is 0 Å². The minimum Gasteiger partial charge on any atom is -0.303 e. The number of hydrogen-bond donors (Lipinski definition) is 1. The number of benzene rings is 3. The Morgan fingerprint density at radius 3 is 2.48 bits per heavy atom. The predicted molar refractivity (Wildman–Crippen MR) is 119 cm³/mol. The lowest BCUT2D eigenvalue weighted by molar-refractivity contribution is 0.532. The number of rotatable bonds is 5. The summed E-state index contributed by atoms with van der Waals surface area (Å²) in [5.74, 6) is 0.721. The van der Waals surface area contributed by atoms with E-state index in [0.717, 1.165) is 28.2 Å². The zero-order valence-corrected chi connectivity index (χ0v) is 17.0. The first-order chi connectivity index (χ1) is 14.0. The Hall–Kier alpha value is -3.24. The second-order valence-electron chi connectivity index (χ2n) is 7.51. The fourth-order valence-electron chi connectivity index (χ4n) is 3.59. The molecule has 4 aromatic rings. The average Bonchev–Trinajstić information content (AvgIpc) is 2.74. The lowest BCUT2D eigenvalue weighted by Crippen LogP contribution is -2.30. The molecule has 0 unspecified atom stereocenters. The normalized spacial score (nSPS) is 12.2. The lowest BCUT2D eigenvalue weighted by Gasteiger charge is -2.21. The minimum atomic E-state index is -0.104. The van der Waals surface area contributed by atoms with Crippen LogP contribution in [0.15, 0.2) is 77.6 Å². The Kier molecular flexibility index (Phi) is 5.28. The van der Waals surface area contributed by atoms with E-state index in [1.54, 1.807) is 4.57 Å². The molecule has 0 saturated heterocycles. The first kappa shape index (κ1) is 19.1. The van der Waals surface area contributed by atoms with E-state index in [2.05, 4.69) is 42.6 Å². The molecule has 0 aliphatic carbocycles. The molecular formula is C25H25N3O. The highest BCUT2D eigenvalue weighted by Crippen LogP contribution is 2.21. The van der Waals surface area contributed by atoms with Gasteiger partial charge >= 0.3 is 0 Å². The van der Waals surface area contributed by atoms with Crippen LogP contribution in [0.25, 0.3) is 16.6 Å². The topological polar surface area (TPSA) is 46.9 Å². The predicted octanol–water partition coefficient (Wildman–Crippen LogP) is 4.85. The smallest absolute Gasteiger partial charge is 0.266 e. The first-order valence-corrected chi connectivity index (χ1v) is 9.91. The zero-order chi connectivity index (χ0) is 20.4. The lowest BCUT2D eigenvalue weighted by atomic mass is 10.1. The Morgan fingerprint density at radius 1 is 0.966 bits per heavy atom. The quantitative estimate of drug-likeness (QED) is 0.536. The second-order valence-corrected chi connectivity index (χ2v) is 7.51. The van der Waals surface area contributed by atoms with Gasteiger partial charge in [0, 0.05) is 6.54 Å². The molecule has 1 atom stereocenters. The summed E-state index contributed by atoms with van der Waals surface area (Å²) in [7, 11) is 0. The van der Waals surface area contributed by atoms with Gasteiger partial charge in [0.05, 0.1) is 22.6 Å². The third kappa shape index (κ3) is 3.84. The maximum atomic E-state index is 13.5. The molecule has 1 heterocycles. The molecule has 0 fully saturated rings. The van der Waals surface area contributed by atoms with Crippen LogP contribution in [0.3, 0.4) is 0 Å². The summed E-state index contributed by atoms with van der Waals surface area (Å²) in [6.07, 6.45) is 0. The van der Waals surface area contributed by atoms with Crippen molar-refractivity contribution in [3.8, 4) is 5.69 Å². The van der Waals surface area contributed by atoms with Gasteiger partial charge in [-0.2, -0.15) is 0 Å². The van der Waals surface area contributed by atoms with Crippen LogP contribution in [0.1, 0.15) is 35.5 Å². The van der Waals surface area contributed by atoms with Crippen molar-refractivity contribution in [2.24, 2.45) is 0 Å². The molecule has 0 amide bonds. The van der Waals surface area contributed by atoms with Crippen molar-refractivity contribution in [1.29, 1.82) is 0 Å². The Bertz CT molecular complexity index is 1210. The molecule has 0 aliphatic heterocycles. The van der Waals surface area contributed by atoms with Gasteiger partial charge in [0.15, 0.2) is 0 Å². The minimum absolute atomic E-state index is 0.0346. The molecule has 4 rings (SSSR count). The van der Waals surface area contributed by atoms with Crippen LogP contribution >= 0.6 is 0 Å². The summed E-state index contributed by atoms with van der Waals surface area (Å²) >= 11 is 0. The first-order valence-electron chi connectivity index (χ1n) is 9.91. The van der Waals surface area contributed by atoms with Crippen molar-refractivity contribution in [2.75, 3.05) is 0 Å². The summed E-state index contributed by atoms with van der Waals surface area (Å²) in [6, 6.07) is 23.9. The standard InChI is InChI=1S/C25H25N3O/c1-17-13-14-18(2)23(15-17)28-24(19(3)26-16-20-9-5-4-6-10-20)27-22-12-8-7-11-21(22)25(28)29/h4-15,19,26H,16H2,1-3H3/t19-/m1/s1. The van der Waals surface area contributed by atoms with Crippen LogP contribution in [0, 0.1) is 13.8 Å². The maximum Gasteiger partial charge on any atom is 0.266 e. The van der Waals surface area contributed by atoms with E-state index in [1.807, 2.05) is 56.3 Å². The van der Waals surface area contributed by atoms with Gasteiger partial charge in [0.2, 0.25) is 0 Å². The second kappa shape index (κ2) is 8.02. The molecule has 29 heavy (non-hydrogen) atoms. The highest BCUT2D eigenvalue weighted by Gasteiger charge is 2.19. The van der Waals surface area contributed by atoms with Crippen molar-refractivity contribution in [2.45, 2.75) is 33.4 Å². The van der Waals surface area contributed by atoms with Gasteiger partial charge in [-0.3, -0.25) is 9.36 Å². The Morgan fingerprint density at radius 2 is 1.69 bits per heavy atom. The zero-order valence-electron chi connectivity index (χ0n) is 17.0. The number of hydrogen-bond acceptors (Lipinski definition) is 3. The summed E-state index contributed by atoms with van der Waals surface area (Å²) in [5.41, 5.74) is 4.93. The van der Waals surface area contributed by atoms with E-state index in [0.29, 0.717) is 11.9 Å². The molecular weight excluding hydrogens is 358 g/mol. The van der Waals surface area contributed by atoms with Crippen LogP contribution in [0.4, 0.5) is 0 Å². The molecule has 4 heteroatoms. The molecule has 4 nitrogen and oxygen atoms in total. The van der Waals surface area contributed by atoms with Crippen LogP contribution in [0.2, 0.25) is 0 Å². The summed E-state index contributed by atoms with van der Waals surface area (Å²) in [6.45, 7) is 6.83. The monoisotopic (exact) mass is 383 g/mol. The van der Waals surface area contributed by atoms with Crippen molar-refractivity contribution in [3.63, 3.8) is 0 Å². The molecule has 0 saturated carbocycles. The van der Waals surface area contributed by atoms with Gasteiger partial charge in [0.25, 0.3) is 5.56 Å². The van der Waals surface area contributed by atoms with Crippen molar-refractivity contribution in [3.05, 3.63) is 106 Å². The average molecular weight is 383 g/mol. The molecule has 0 spiro atoms. The fraction of sp³-hybridized carbons (Fsp3) is 0.200. The van der Waals surface area contributed by atoms with Crippen LogP contribution < -0.4 is 10.9 Å². The molecule has 1 aromatic heterocycles. The SMILES string of the molecule is Cc1ccc(C)c(-n2c([C@@H](C)NCc3ccccc3)nc3ccccc3c2=O)c1. The number of nitrogens with zero attached hydrogens (tertiary/aromatic N) is 2. The van der Waals surface area contributed by atoms with Crippen LogP contribution in [-0.4, -0.2) is 9.55 Å². The number of para-hydroxylation sites is 1. The Balaban J connectivity index is 1.85. The largest absolute Gasteiger partial charge is 0.303 e. The summed E-state index contributed by atoms with van der Waals surface area (Å²) < 4.78 is 1.77. The Labute approximate surface area is 170 Å². The number of nitrogens with one attached hydrogen (secondary N) is 1. The molecule has 0 radical (unpaired) electrons. The highest BCUT2D eigenvalue weighted by molar-refractivity contribution is 5.78. The van der Waals surface area contributed by atoms with Gasteiger partial charge in [-0.25, -0.2) is 4.98 Å². The van der Waals surface area contributed by atoms with E-state index in [9.17, 15) is 4.79 Å². The summed E-state index contributed by atoms with van der Waals surface area (Å²) in [4.78, 5) is 18.4. The van der Waals surface area contributed by atoms with Crippen LogP contribution in [-0.2, 0) is 6.54 Å². The molecule has 0 aliphatic rings. The van der Waals surface area contributed by atoms with E-state index in [1.165, 1.54) is 5.56 Å². The third-order valence-electron chi connectivity index (χ3n) is 5.25. The third-order valence-corrected chi connectivity index (χ3v) is 5.25.